The van der Waals surface area contributed by atoms with Crippen molar-refractivity contribution < 1.29 is 0 Å². The number of aromatic nitrogens is 4. The van der Waals surface area contributed by atoms with Crippen molar-refractivity contribution in [3.63, 3.8) is 0 Å². The van der Waals surface area contributed by atoms with Crippen molar-refractivity contribution in [3.05, 3.63) is 20.8 Å². The zero-order valence-corrected chi connectivity index (χ0v) is 12.4. The van der Waals surface area contributed by atoms with Crippen LogP contribution in [0.3, 0.4) is 0 Å². The van der Waals surface area contributed by atoms with Gasteiger partial charge in [0.1, 0.15) is 0 Å². The maximum absolute atomic E-state index is 12.1. The number of hydrogen-bond acceptors (Lipinski definition) is 4. The Kier molecular flexibility index (Phi) is 3.96. The number of anilines is 1. The van der Waals surface area contributed by atoms with Crippen molar-refractivity contribution >= 4 is 17.1 Å². The van der Waals surface area contributed by atoms with Crippen molar-refractivity contribution in [2.24, 2.45) is 7.05 Å². The predicted molar refractivity (Wildman–Crippen MR) is 79.4 cm³/mol. The molecule has 0 fully saturated rings. The lowest BCUT2D eigenvalue weighted by molar-refractivity contribution is 0.610. The van der Waals surface area contributed by atoms with E-state index in [4.69, 9.17) is 0 Å². The number of imidazole rings is 1. The lowest BCUT2D eigenvalue weighted by Gasteiger charge is -2.14. The standard InChI is InChI=1S/C13H21N5O2/c1-5-6-7-8-18-9-10(14-12(18)16(2)3)17(4)13(20)15-11(9)19/h5-8H2,1-4H3,(H,15,19,20). The predicted octanol–water partition coefficient (Wildman–Crippen LogP) is 0.679. The minimum absolute atomic E-state index is 0.375. The quantitative estimate of drug-likeness (QED) is 0.817. The van der Waals surface area contributed by atoms with Crippen molar-refractivity contribution in [2.45, 2.75) is 32.7 Å². The van der Waals surface area contributed by atoms with Gasteiger partial charge in [0.2, 0.25) is 5.95 Å². The first-order valence-corrected chi connectivity index (χ1v) is 6.84. The second kappa shape index (κ2) is 5.52. The largest absolute Gasteiger partial charge is 0.348 e. The van der Waals surface area contributed by atoms with E-state index in [2.05, 4.69) is 16.9 Å². The molecule has 7 nitrogen and oxygen atoms in total. The lowest BCUT2D eigenvalue weighted by atomic mass is 10.2. The van der Waals surface area contributed by atoms with Gasteiger partial charge in [-0.15, -0.1) is 0 Å². The van der Waals surface area contributed by atoms with Gasteiger partial charge in [0.05, 0.1) is 0 Å². The van der Waals surface area contributed by atoms with Crippen LogP contribution in [0.5, 0.6) is 0 Å². The van der Waals surface area contributed by atoms with Gasteiger partial charge < -0.3 is 9.47 Å². The van der Waals surface area contributed by atoms with Gasteiger partial charge in [0.25, 0.3) is 5.56 Å². The molecular weight excluding hydrogens is 258 g/mol. The van der Waals surface area contributed by atoms with E-state index in [1.165, 1.54) is 4.57 Å². The zero-order valence-electron chi connectivity index (χ0n) is 12.4. The fourth-order valence-corrected chi connectivity index (χ4v) is 2.30. The van der Waals surface area contributed by atoms with Gasteiger partial charge in [-0.25, -0.2) is 4.79 Å². The number of hydrogen-bond donors (Lipinski definition) is 1. The second-order valence-electron chi connectivity index (χ2n) is 5.16. The van der Waals surface area contributed by atoms with Gasteiger partial charge in [-0.05, 0) is 6.42 Å². The Balaban J connectivity index is 2.68. The minimum Gasteiger partial charge on any atom is -0.348 e. The van der Waals surface area contributed by atoms with Gasteiger partial charge in [-0.3, -0.25) is 14.3 Å². The number of nitrogens with zero attached hydrogens (tertiary/aromatic N) is 4. The van der Waals surface area contributed by atoms with Crippen LogP contribution in [0, 0.1) is 0 Å². The molecule has 2 rings (SSSR count). The summed E-state index contributed by atoms with van der Waals surface area (Å²) in [5.41, 5.74) is 0.0806. The van der Waals surface area contributed by atoms with E-state index in [9.17, 15) is 9.59 Å². The number of aromatic amines is 1. The molecular formula is C13H21N5O2. The molecule has 0 amide bonds. The Bertz CT molecular complexity index is 723. The summed E-state index contributed by atoms with van der Waals surface area (Å²) in [5, 5.41) is 0. The van der Waals surface area contributed by atoms with Crippen molar-refractivity contribution in [1.82, 2.24) is 19.1 Å². The Morgan fingerprint density at radius 2 is 1.95 bits per heavy atom. The number of unbranched alkanes of at least 4 members (excludes halogenated alkanes) is 2. The van der Waals surface area contributed by atoms with Gasteiger partial charge in [-0.2, -0.15) is 4.98 Å². The normalized spacial score (nSPS) is 11.2. The summed E-state index contributed by atoms with van der Waals surface area (Å²) in [6.07, 6.45) is 3.18. The highest BCUT2D eigenvalue weighted by Gasteiger charge is 2.17. The van der Waals surface area contributed by atoms with Crippen molar-refractivity contribution in [3.8, 4) is 0 Å². The van der Waals surface area contributed by atoms with Crippen LogP contribution in [0.2, 0.25) is 0 Å². The van der Waals surface area contributed by atoms with Gasteiger partial charge >= 0.3 is 5.69 Å². The van der Waals surface area contributed by atoms with E-state index in [1.807, 2.05) is 23.6 Å². The Labute approximate surface area is 116 Å². The molecule has 110 valence electrons. The molecule has 2 aromatic rings. The number of fused-ring (bicyclic) bond motifs is 1. The summed E-state index contributed by atoms with van der Waals surface area (Å²) in [5.74, 6) is 0.697. The number of rotatable bonds is 5. The molecule has 0 aliphatic heterocycles. The number of H-pyrrole nitrogens is 1. The molecule has 0 radical (unpaired) electrons. The Hall–Kier alpha value is -2.05. The van der Waals surface area contributed by atoms with Crippen molar-refractivity contribution in [1.29, 1.82) is 0 Å². The summed E-state index contributed by atoms with van der Waals surface area (Å²) in [6, 6.07) is 0. The SMILES string of the molecule is CCCCCn1c(N(C)C)nc2c1c(=O)[nH]c(=O)n2C. The van der Waals surface area contributed by atoms with Crippen LogP contribution in [0.1, 0.15) is 26.2 Å². The molecule has 2 aromatic heterocycles. The van der Waals surface area contributed by atoms with Crippen LogP contribution in [0.25, 0.3) is 11.2 Å². The van der Waals surface area contributed by atoms with Crippen LogP contribution >= 0.6 is 0 Å². The van der Waals surface area contributed by atoms with E-state index in [0.29, 0.717) is 17.1 Å². The van der Waals surface area contributed by atoms with Crippen LogP contribution in [-0.4, -0.2) is 33.2 Å². The third-order valence-corrected chi connectivity index (χ3v) is 3.37. The topological polar surface area (TPSA) is 75.9 Å². The van der Waals surface area contributed by atoms with Crippen molar-refractivity contribution in [2.75, 3.05) is 19.0 Å². The van der Waals surface area contributed by atoms with E-state index in [1.54, 1.807) is 7.05 Å². The first kappa shape index (κ1) is 14.4. The summed E-state index contributed by atoms with van der Waals surface area (Å²) in [7, 11) is 5.37. The molecule has 0 atom stereocenters. The van der Waals surface area contributed by atoms with Gasteiger partial charge in [0, 0.05) is 27.7 Å². The third-order valence-electron chi connectivity index (χ3n) is 3.37. The number of aryl methyl sites for hydroxylation is 2. The molecule has 0 spiro atoms. The molecule has 1 N–H and O–H groups in total. The summed E-state index contributed by atoms with van der Waals surface area (Å²) < 4.78 is 3.27. The van der Waals surface area contributed by atoms with E-state index < -0.39 is 5.69 Å². The fraction of sp³-hybridized carbons (Fsp3) is 0.615. The van der Waals surface area contributed by atoms with E-state index >= 15 is 0 Å². The summed E-state index contributed by atoms with van der Waals surface area (Å²) in [6.45, 7) is 2.86. The lowest BCUT2D eigenvalue weighted by Crippen LogP contribution is -2.29. The highest BCUT2D eigenvalue weighted by Crippen LogP contribution is 2.18. The average Bonchev–Trinajstić information content (AvgIpc) is 2.77. The van der Waals surface area contributed by atoms with E-state index in [0.717, 1.165) is 25.8 Å². The Morgan fingerprint density at radius 1 is 1.25 bits per heavy atom. The molecule has 2 heterocycles. The van der Waals surface area contributed by atoms with Crippen LogP contribution in [0.4, 0.5) is 5.95 Å². The van der Waals surface area contributed by atoms with Crippen LogP contribution < -0.4 is 16.1 Å². The highest BCUT2D eigenvalue weighted by atomic mass is 16.2. The van der Waals surface area contributed by atoms with Crippen LogP contribution in [0.15, 0.2) is 9.59 Å². The minimum atomic E-state index is -0.439. The maximum Gasteiger partial charge on any atom is 0.329 e. The molecule has 0 unspecified atom stereocenters. The zero-order chi connectivity index (χ0) is 14.9. The highest BCUT2D eigenvalue weighted by molar-refractivity contribution is 5.74. The number of nitrogens with one attached hydrogen (secondary N) is 1. The molecule has 0 saturated heterocycles. The molecule has 0 saturated carbocycles. The summed E-state index contributed by atoms with van der Waals surface area (Å²) in [4.78, 5) is 32.4. The first-order chi connectivity index (χ1) is 9.47. The molecule has 0 aliphatic rings. The molecule has 0 aliphatic carbocycles. The molecule has 0 bridgehead atoms. The fourth-order valence-electron chi connectivity index (χ4n) is 2.30. The maximum atomic E-state index is 12.1. The monoisotopic (exact) mass is 279 g/mol. The van der Waals surface area contributed by atoms with E-state index in [-0.39, 0.29) is 5.56 Å². The molecule has 20 heavy (non-hydrogen) atoms. The molecule has 7 heteroatoms. The van der Waals surface area contributed by atoms with Gasteiger partial charge in [-0.1, -0.05) is 19.8 Å². The third kappa shape index (κ3) is 2.35. The van der Waals surface area contributed by atoms with Gasteiger partial charge in [0.15, 0.2) is 11.2 Å². The van der Waals surface area contributed by atoms with Crippen LogP contribution in [-0.2, 0) is 13.6 Å². The molecule has 0 aromatic carbocycles. The Morgan fingerprint density at radius 3 is 2.55 bits per heavy atom. The second-order valence-corrected chi connectivity index (χ2v) is 5.16. The summed E-state index contributed by atoms with van der Waals surface area (Å²) >= 11 is 0. The smallest absolute Gasteiger partial charge is 0.329 e. The average molecular weight is 279 g/mol. The first-order valence-electron chi connectivity index (χ1n) is 6.84.